The number of likely N-dealkylation sites (tertiary alicyclic amines) is 1. The number of ether oxygens (including phenoxy) is 2. The van der Waals surface area contributed by atoms with Crippen LogP contribution in [0, 0.1) is 11.8 Å². The highest BCUT2D eigenvalue weighted by Gasteiger charge is 2.42. The van der Waals surface area contributed by atoms with Crippen LogP contribution in [0.3, 0.4) is 0 Å². The van der Waals surface area contributed by atoms with Gasteiger partial charge in [0, 0.05) is 37.8 Å². The molecule has 3 aromatic rings. The second-order valence-electron chi connectivity index (χ2n) is 7.31. The van der Waals surface area contributed by atoms with Crippen LogP contribution in [0.25, 0.3) is 16.7 Å². The van der Waals surface area contributed by atoms with Gasteiger partial charge >= 0.3 is 12.6 Å². The number of pyridine rings is 1. The topological polar surface area (TPSA) is 107 Å². The van der Waals surface area contributed by atoms with Crippen LogP contribution in [0.5, 0.6) is 5.75 Å². The first-order chi connectivity index (χ1) is 15.7. The second kappa shape index (κ2) is 8.48. The molecule has 33 heavy (non-hydrogen) atoms. The molecule has 1 aromatic carbocycles. The quantitative estimate of drug-likeness (QED) is 0.471. The molecule has 2 aromatic heterocycles. The summed E-state index contributed by atoms with van der Waals surface area (Å²) in [5.74, 6) is 3.73. The zero-order chi connectivity index (χ0) is 23.8. The highest BCUT2D eigenvalue weighted by atomic mass is 19.3. The number of benzene rings is 1. The van der Waals surface area contributed by atoms with Crippen LogP contribution >= 0.6 is 0 Å². The largest absolute Gasteiger partial charge is 0.464 e. The van der Waals surface area contributed by atoms with E-state index in [0.29, 0.717) is 11.9 Å². The van der Waals surface area contributed by atoms with Crippen LogP contribution in [-0.2, 0) is 9.53 Å². The number of hydrogen-bond acceptors (Lipinski definition) is 7. The van der Waals surface area contributed by atoms with Crippen molar-refractivity contribution in [2.24, 2.45) is 0 Å². The normalized spacial score (nSPS) is 17.9. The van der Waals surface area contributed by atoms with Crippen molar-refractivity contribution >= 4 is 22.9 Å². The number of likely N-dealkylation sites (N-methyl/N-ethyl adjacent to an activating group) is 1. The number of nitrogens with zero attached hydrogens (tertiary/aromatic N) is 4. The first kappa shape index (κ1) is 22.2. The molecule has 1 aliphatic heterocycles. The predicted molar refractivity (Wildman–Crippen MR) is 111 cm³/mol. The summed E-state index contributed by atoms with van der Waals surface area (Å²) in [7, 11) is 2.76. The van der Waals surface area contributed by atoms with E-state index in [0.717, 1.165) is 0 Å². The molecule has 0 spiro atoms. The minimum atomic E-state index is -3.10. The fourth-order valence-electron chi connectivity index (χ4n) is 3.47. The van der Waals surface area contributed by atoms with Crippen LogP contribution in [0.2, 0.25) is 0 Å². The standard InChI is InChI=1S/C22H18F2N4O5/c1-27-9-7-22(31,20(27)30)6-5-13-10-14(12-15(11-13)33-21(23)24)28-18-16(4-3-8-25-18)17(26-28)19(29)32-2/h3-4,8,10-12,21,31H,7,9H2,1-2H3. The number of rotatable bonds is 4. The molecular formula is C22H18F2N4O5. The van der Waals surface area contributed by atoms with E-state index in [9.17, 15) is 23.5 Å². The van der Waals surface area contributed by atoms with Crippen LogP contribution in [0.15, 0.2) is 36.5 Å². The van der Waals surface area contributed by atoms with Gasteiger partial charge in [-0.25, -0.2) is 14.5 Å². The van der Waals surface area contributed by atoms with E-state index in [-0.39, 0.29) is 34.8 Å². The predicted octanol–water partition coefficient (Wildman–Crippen LogP) is 1.75. The van der Waals surface area contributed by atoms with Gasteiger partial charge < -0.3 is 19.5 Å². The van der Waals surface area contributed by atoms with E-state index < -0.39 is 24.1 Å². The number of halogens is 2. The fourth-order valence-corrected chi connectivity index (χ4v) is 3.47. The van der Waals surface area contributed by atoms with E-state index in [2.05, 4.69) is 26.7 Å². The molecule has 0 bridgehead atoms. The van der Waals surface area contributed by atoms with E-state index >= 15 is 0 Å². The second-order valence-corrected chi connectivity index (χ2v) is 7.31. The Morgan fingerprint density at radius 2 is 2.12 bits per heavy atom. The van der Waals surface area contributed by atoms with Crippen molar-refractivity contribution in [3.63, 3.8) is 0 Å². The zero-order valence-electron chi connectivity index (χ0n) is 17.6. The lowest BCUT2D eigenvalue weighted by atomic mass is 10.0. The minimum Gasteiger partial charge on any atom is -0.464 e. The summed E-state index contributed by atoms with van der Waals surface area (Å²) in [6.07, 6.45) is 1.60. The number of aromatic nitrogens is 3. The number of carbonyl (C=O) groups excluding carboxylic acids is 2. The molecule has 1 aliphatic rings. The smallest absolute Gasteiger partial charge is 0.387 e. The van der Waals surface area contributed by atoms with Crippen molar-refractivity contribution < 1.29 is 33.0 Å². The number of aliphatic hydroxyl groups is 1. The maximum Gasteiger partial charge on any atom is 0.387 e. The van der Waals surface area contributed by atoms with E-state index in [1.165, 1.54) is 41.1 Å². The van der Waals surface area contributed by atoms with Crippen LogP contribution in [-0.4, -0.2) is 69.6 Å². The summed E-state index contributed by atoms with van der Waals surface area (Å²) in [4.78, 5) is 29.9. The lowest BCUT2D eigenvalue weighted by Crippen LogP contribution is -2.37. The van der Waals surface area contributed by atoms with Crippen molar-refractivity contribution in [2.45, 2.75) is 18.6 Å². The summed E-state index contributed by atoms with van der Waals surface area (Å²) < 4.78 is 36.5. The van der Waals surface area contributed by atoms with Crippen molar-refractivity contribution in [2.75, 3.05) is 20.7 Å². The molecule has 170 valence electrons. The molecule has 1 amide bonds. The third kappa shape index (κ3) is 4.20. The molecule has 1 fully saturated rings. The van der Waals surface area contributed by atoms with Gasteiger partial charge in [-0.2, -0.15) is 13.9 Å². The summed E-state index contributed by atoms with van der Waals surface area (Å²) in [5, 5.41) is 15.2. The van der Waals surface area contributed by atoms with E-state index in [1.54, 1.807) is 19.2 Å². The van der Waals surface area contributed by atoms with Crippen molar-refractivity contribution in [1.29, 1.82) is 0 Å². The summed E-state index contributed by atoms with van der Waals surface area (Å²) in [6.45, 7) is -2.76. The third-order valence-electron chi connectivity index (χ3n) is 5.11. The average Bonchev–Trinajstić information content (AvgIpc) is 3.30. The van der Waals surface area contributed by atoms with Crippen LogP contribution < -0.4 is 4.74 Å². The molecule has 0 saturated carbocycles. The summed E-state index contributed by atoms with van der Waals surface area (Å²) in [5.41, 5.74) is -1.21. The number of hydrogen-bond donors (Lipinski definition) is 1. The number of fused-ring (bicyclic) bond motifs is 1. The van der Waals surface area contributed by atoms with Crippen molar-refractivity contribution in [3.05, 3.63) is 47.8 Å². The Morgan fingerprint density at radius 3 is 2.79 bits per heavy atom. The van der Waals surface area contributed by atoms with Crippen LogP contribution in [0.4, 0.5) is 8.78 Å². The maximum absolute atomic E-state index is 12.9. The SMILES string of the molecule is COC(=O)c1nn(-c2cc(C#CC3(O)CCN(C)C3=O)cc(OC(F)F)c2)c2ncccc12. The monoisotopic (exact) mass is 456 g/mol. The molecular weight excluding hydrogens is 438 g/mol. The van der Waals surface area contributed by atoms with Gasteiger partial charge in [0.1, 0.15) is 5.75 Å². The molecule has 4 rings (SSSR count). The van der Waals surface area contributed by atoms with E-state index in [4.69, 9.17) is 4.74 Å². The molecule has 0 aliphatic carbocycles. The highest BCUT2D eigenvalue weighted by Crippen LogP contribution is 2.26. The highest BCUT2D eigenvalue weighted by molar-refractivity contribution is 6.01. The first-order valence-corrected chi connectivity index (χ1v) is 9.75. The number of alkyl halides is 2. The van der Waals surface area contributed by atoms with Gasteiger partial charge in [0.2, 0.25) is 5.60 Å². The number of amides is 1. The van der Waals surface area contributed by atoms with Gasteiger partial charge in [-0.3, -0.25) is 4.79 Å². The zero-order valence-corrected chi connectivity index (χ0v) is 17.6. The molecule has 3 heterocycles. The van der Waals surface area contributed by atoms with Crippen LogP contribution in [0.1, 0.15) is 22.5 Å². The molecule has 1 N–H and O–H groups in total. The maximum atomic E-state index is 12.9. The lowest BCUT2D eigenvalue weighted by Gasteiger charge is -2.13. The molecule has 9 nitrogen and oxygen atoms in total. The Morgan fingerprint density at radius 1 is 1.33 bits per heavy atom. The van der Waals surface area contributed by atoms with Gasteiger partial charge in [0.05, 0.1) is 18.2 Å². The lowest BCUT2D eigenvalue weighted by molar-refractivity contribution is -0.137. The van der Waals surface area contributed by atoms with Crippen molar-refractivity contribution in [1.82, 2.24) is 19.7 Å². The van der Waals surface area contributed by atoms with Gasteiger partial charge in [-0.05, 0) is 24.3 Å². The molecule has 11 heteroatoms. The minimum absolute atomic E-state index is 0.0117. The number of carbonyl (C=O) groups is 2. The van der Waals surface area contributed by atoms with Crippen molar-refractivity contribution in [3.8, 4) is 23.3 Å². The molecule has 1 atom stereocenters. The van der Waals surface area contributed by atoms with Gasteiger partial charge in [0.25, 0.3) is 5.91 Å². The Labute approximate surface area is 186 Å². The number of esters is 1. The summed E-state index contributed by atoms with van der Waals surface area (Å²) in [6, 6.07) is 7.25. The molecule has 1 saturated heterocycles. The Bertz CT molecular complexity index is 1310. The van der Waals surface area contributed by atoms with E-state index in [1.807, 2.05) is 0 Å². The fraction of sp³-hybridized carbons (Fsp3) is 0.273. The van der Waals surface area contributed by atoms with Gasteiger partial charge in [-0.15, -0.1) is 0 Å². The Kier molecular flexibility index (Phi) is 5.69. The summed E-state index contributed by atoms with van der Waals surface area (Å²) >= 11 is 0. The van der Waals surface area contributed by atoms with Gasteiger partial charge in [-0.1, -0.05) is 11.8 Å². The Balaban J connectivity index is 1.85. The first-order valence-electron chi connectivity index (χ1n) is 9.75. The number of methoxy groups -OCH3 is 1. The average molecular weight is 456 g/mol. The van der Waals surface area contributed by atoms with Gasteiger partial charge in [0.15, 0.2) is 11.3 Å². The molecule has 1 unspecified atom stereocenters. The Hall–Kier alpha value is -4.04. The third-order valence-corrected chi connectivity index (χ3v) is 5.11. The molecule has 0 radical (unpaired) electrons.